The van der Waals surface area contributed by atoms with Gasteiger partial charge in [-0.25, -0.2) is 0 Å². The van der Waals surface area contributed by atoms with Gasteiger partial charge in [-0.2, -0.15) is 0 Å². The van der Waals surface area contributed by atoms with Crippen LogP contribution in [-0.4, -0.2) is 70.6 Å². The first-order valence-electron chi connectivity index (χ1n) is 12.3. The van der Waals surface area contributed by atoms with Crippen molar-refractivity contribution in [3.8, 4) is 0 Å². The second-order valence-electron chi connectivity index (χ2n) is 8.77. The molecule has 0 heterocycles. The van der Waals surface area contributed by atoms with Crippen LogP contribution in [0.2, 0.25) is 0 Å². The Morgan fingerprint density at radius 2 is 1.46 bits per heavy atom. The van der Waals surface area contributed by atoms with Gasteiger partial charge in [0.2, 0.25) is 11.8 Å². The Labute approximate surface area is 216 Å². The Morgan fingerprint density at radius 3 is 2.05 bits per heavy atom. The molecule has 2 aromatic carbocycles. The van der Waals surface area contributed by atoms with E-state index in [9.17, 15) is 29.4 Å². The highest BCUT2D eigenvalue weighted by Gasteiger charge is 2.22. The molecule has 10 heteroatoms. The number of hydrogen-bond donors (Lipinski definition) is 5. The maximum absolute atomic E-state index is 13.0. The molecule has 2 atom stereocenters. The van der Waals surface area contributed by atoms with Crippen molar-refractivity contribution in [3.63, 3.8) is 0 Å². The lowest BCUT2D eigenvalue weighted by atomic mass is 10.0. The largest absolute Gasteiger partial charge is 0.390 e. The van der Waals surface area contributed by atoms with Gasteiger partial charge in [0.15, 0.2) is 0 Å². The summed E-state index contributed by atoms with van der Waals surface area (Å²) in [4.78, 5) is 51.3. The Bertz CT molecular complexity index is 1070. The molecule has 0 saturated heterocycles. The van der Waals surface area contributed by atoms with Crippen molar-refractivity contribution in [1.29, 1.82) is 0 Å². The minimum atomic E-state index is -1.42. The summed E-state index contributed by atoms with van der Waals surface area (Å²) in [6.07, 6.45) is -1.69. The zero-order valence-corrected chi connectivity index (χ0v) is 21.3. The summed E-state index contributed by atoms with van der Waals surface area (Å²) in [5, 5.41) is 25.6. The number of nitrogens with zero attached hydrogens (tertiary/aromatic N) is 1. The van der Waals surface area contributed by atoms with Crippen molar-refractivity contribution in [3.05, 3.63) is 70.8 Å². The van der Waals surface area contributed by atoms with Crippen LogP contribution in [0.25, 0.3) is 0 Å². The molecule has 37 heavy (non-hydrogen) atoms. The highest BCUT2D eigenvalue weighted by Crippen LogP contribution is 2.14. The van der Waals surface area contributed by atoms with Gasteiger partial charge in [-0.15, -0.1) is 0 Å². The minimum Gasteiger partial charge on any atom is -0.390 e. The normalized spacial score (nSPS) is 12.3. The van der Waals surface area contributed by atoms with Crippen LogP contribution in [0.5, 0.6) is 0 Å². The molecular weight excluding hydrogens is 476 g/mol. The number of aliphatic hydroxyl groups excluding tert-OH is 2. The first-order chi connectivity index (χ1) is 17.7. The van der Waals surface area contributed by atoms with Crippen LogP contribution in [0.1, 0.15) is 69.7 Å². The van der Waals surface area contributed by atoms with Crippen molar-refractivity contribution in [1.82, 2.24) is 15.5 Å². The molecule has 0 spiro atoms. The van der Waals surface area contributed by atoms with Crippen LogP contribution in [0.15, 0.2) is 48.5 Å². The molecule has 0 bridgehead atoms. The predicted molar refractivity (Wildman–Crippen MR) is 139 cm³/mol. The van der Waals surface area contributed by atoms with E-state index < -0.39 is 29.9 Å². The lowest BCUT2D eigenvalue weighted by Gasteiger charge is -2.22. The van der Waals surface area contributed by atoms with Gasteiger partial charge < -0.3 is 31.5 Å². The quantitative estimate of drug-likeness (QED) is 0.255. The number of amides is 4. The molecule has 0 radical (unpaired) electrons. The maximum Gasteiger partial charge on any atom is 0.253 e. The number of aliphatic hydroxyl groups is 2. The summed E-state index contributed by atoms with van der Waals surface area (Å²) in [7, 11) is 0. The monoisotopic (exact) mass is 512 g/mol. The number of nitrogens with two attached hydrogens (primary N) is 1. The standard InChI is InChI=1S/C27H36N4O6/c1-3-10-31(11-4-2)27(37)21-13-19(25(28)35)12-20(14-21)26(36)30-17-23(33)22(32)15-24(34)29-16-18-8-6-5-7-9-18/h5-9,12-14,22-23,32-33H,3-4,10-11,15-17H2,1-2H3,(H2,28,35)(H,29,34)(H,30,36). The smallest absolute Gasteiger partial charge is 0.253 e. The summed E-state index contributed by atoms with van der Waals surface area (Å²) >= 11 is 0. The molecule has 2 unspecified atom stereocenters. The van der Waals surface area contributed by atoms with Crippen molar-refractivity contribution in [2.24, 2.45) is 5.73 Å². The zero-order valence-electron chi connectivity index (χ0n) is 21.3. The number of carbonyl (C=O) groups is 4. The van der Waals surface area contributed by atoms with E-state index in [0.29, 0.717) is 13.1 Å². The van der Waals surface area contributed by atoms with E-state index in [1.807, 2.05) is 44.2 Å². The first-order valence-corrected chi connectivity index (χ1v) is 12.3. The third-order valence-corrected chi connectivity index (χ3v) is 5.64. The number of nitrogens with one attached hydrogen (secondary N) is 2. The number of rotatable bonds is 14. The fourth-order valence-electron chi connectivity index (χ4n) is 3.69. The highest BCUT2D eigenvalue weighted by atomic mass is 16.3. The van der Waals surface area contributed by atoms with Crippen LogP contribution in [0.3, 0.4) is 0 Å². The van der Waals surface area contributed by atoms with Gasteiger partial charge in [0, 0.05) is 42.9 Å². The van der Waals surface area contributed by atoms with Crippen LogP contribution in [0.4, 0.5) is 0 Å². The Morgan fingerprint density at radius 1 is 0.865 bits per heavy atom. The Hall–Kier alpha value is -3.76. The molecule has 0 aromatic heterocycles. The molecule has 6 N–H and O–H groups in total. The molecule has 0 aliphatic rings. The lowest BCUT2D eigenvalue weighted by molar-refractivity contribution is -0.124. The molecule has 10 nitrogen and oxygen atoms in total. The fourth-order valence-corrected chi connectivity index (χ4v) is 3.69. The molecular formula is C27H36N4O6. The van der Waals surface area contributed by atoms with E-state index in [1.54, 1.807) is 4.90 Å². The van der Waals surface area contributed by atoms with Gasteiger partial charge in [-0.3, -0.25) is 19.2 Å². The molecule has 0 saturated carbocycles. The summed E-state index contributed by atoms with van der Waals surface area (Å²) in [5.74, 6) is -2.24. The zero-order chi connectivity index (χ0) is 27.4. The SMILES string of the molecule is CCCN(CCC)C(=O)c1cc(C(N)=O)cc(C(=O)NCC(O)C(O)CC(=O)NCc2ccccc2)c1. The van der Waals surface area contributed by atoms with Gasteiger partial charge in [-0.05, 0) is 36.6 Å². The van der Waals surface area contributed by atoms with Crippen molar-refractivity contribution < 1.29 is 29.4 Å². The van der Waals surface area contributed by atoms with Crippen LogP contribution in [-0.2, 0) is 11.3 Å². The third-order valence-electron chi connectivity index (χ3n) is 5.64. The summed E-state index contributed by atoms with van der Waals surface area (Å²) in [6, 6.07) is 13.2. The van der Waals surface area contributed by atoms with Gasteiger partial charge in [-0.1, -0.05) is 44.2 Å². The minimum absolute atomic E-state index is 0.000354. The van der Waals surface area contributed by atoms with Gasteiger partial charge in [0.25, 0.3) is 11.8 Å². The molecule has 0 fully saturated rings. The van der Waals surface area contributed by atoms with E-state index in [1.165, 1.54) is 18.2 Å². The molecule has 2 aromatic rings. The van der Waals surface area contributed by atoms with Gasteiger partial charge in [0.1, 0.15) is 0 Å². The second-order valence-corrected chi connectivity index (χ2v) is 8.77. The lowest BCUT2D eigenvalue weighted by Crippen LogP contribution is -2.41. The van der Waals surface area contributed by atoms with E-state index in [2.05, 4.69) is 10.6 Å². The van der Waals surface area contributed by atoms with E-state index in [-0.39, 0.29) is 42.1 Å². The fraction of sp³-hybridized carbons (Fsp3) is 0.407. The molecule has 200 valence electrons. The maximum atomic E-state index is 13.0. The molecule has 4 amide bonds. The first kappa shape index (κ1) is 29.5. The average Bonchev–Trinajstić information content (AvgIpc) is 2.90. The second kappa shape index (κ2) is 14.7. The van der Waals surface area contributed by atoms with Crippen molar-refractivity contribution in [2.45, 2.75) is 51.9 Å². The average molecular weight is 513 g/mol. The van der Waals surface area contributed by atoms with Gasteiger partial charge >= 0.3 is 0 Å². The molecule has 0 aliphatic heterocycles. The summed E-state index contributed by atoms with van der Waals surface area (Å²) < 4.78 is 0. The number of carbonyl (C=O) groups excluding carboxylic acids is 4. The molecule has 2 rings (SSSR count). The van der Waals surface area contributed by atoms with E-state index >= 15 is 0 Å². The van der Waals surface area contributed by atoms with Gasteiger partial charge in [0.05, 0.1) is 18.6 Å². The highest BCUT2D eigenvalue weighted by molar-refractivity contribution is 6.04. The summed E-state index contributed by atoms with van der Waals surface area (Å²) in [6.45, 7) is 4.87. The van der Waals surface area contributed by atoms with Crippen LogP contribution >= 0.6 is 0 Å². The van der Waals surface area contributed by atoms with E-state index in [0.717, 1.165) is 18.4 Å². The van der Waals surface area contributed by atoms with Crippen molar-refractivity contribution in [2.75, 3.05) is 19.6 Å². The number of hydrogen-bond acceptors (Lipinski definition) is 6. The Balaban J connectivity index is 2.00. The Kier molecular flexibility index (Phi) is 11.7. The number of benzene rings is 2. The van der Waals surface area contributed by atoms with Crippen molar-refractivity contribution >= 4 is 23.6 Å². The molecule has 0 aliphatic carbocycles. The van der Waals surface area contributed by atoms with E-state index in [4.69, 9.17) is 5.73 Å². The number of primary amides is 1. The summed E-state index contributed by atoms with van der Waals surface area (Å²) in [5.41, 5.74) is 6.46. The third kappa shape index (κ3) is 9.32. The van der Waals surface area contributed by atoms with Crippen LogP contribution < -0.4 is 16.4 Å². The van der Waals surface area contributed by atoms with Crippen LogP contribution in [0, 0.1) is 0 Å². The topological polar surface area (TPSA) is 162 Å². The predicted octanol–water partition coefficient (Wildman–Crippen LogP) is 1.21.